The molecule has 1 nitrogen and oxygen atoms in total. The smallest absolute Gasteiger partial charge is 0.293 e. The van der Waals surface area contributed by atoms with E-state index in [0.717, 1.165) is 5.75 Å². The van der Waals surface area contributed by atoms with Gasteiger partial charge in [0.15, 0.2) is 5.75 Å². The second kappa shape index (κ2) is 3.38. The van der Waals surface area contributed by atoms with Gasteiger partial charge in [-0.1, -0.05) is 18.2 Å². The standard InChI is InChI=1S/C8H10OP/c1-10(2)9-8-6-4-3-5-7-8/h3-7H,1H2,2H3/q+1. The van der Waals surface area contributed by atoms with Crippen molar-refractivity contribution in [2.75, 3.05) is 6.66 Å². The lowest BCUT2D eigenvalue weighted by molar-refractivity contribution is 0.633. The molecule has 1 aromatic carbocycles. The van der Waals surface area contributed by atoms with Crippen LogP contribution in [0.1, 0.15) is 0 Å². The van der Waals surface area contributed by atoms with Crippen molar-refractivity contribution in [3.8, 4) is 5.75 Å². The van der Waals surface area contributed by atoms with Gasteiger partial charge < -0.3 is 0 Å². The van der Waals surface area contributed by atoms with E-state index in [2.05, 4.69) is 6.30 Å². The van der Waals surface area contributed by atoms with E-state index >= 15 is 0 Å². The summed E-state index contributed by atoms with van der Waals surface area (Å²) in [6.07, 6.45) is 3.78. The van der Waals surface area contributed by atoms with E-state index in [0.29, 0.717) is 0 Å². The van der Waals surface area contributed by atoms with Crippen LogP contribution in [-0.2, 0) is 0 Å². The summed E-state index contributed by atoms with van der Waals surface area (Å²) in [6.45, 7) is 1.97. The van der Waals surface area contributed by atoms with E-state index in [1.165, 1.54) is 0 Å². The summed E-state index contributed by atoms with van der Waals surface area (Å²) >= 11 is 0. The highest BCUT2D eigenvalue weighted by molar-refractivity contribution is 7.50. The molecular weight excluding hydrogens is 143 g/mol. The summed E-state index contributed by atoms with van der Waals surface area (Å²) in [5.41, 5.74) is 0. The van der Waals surface area contributed by atoms with Crippen LogP contribution in [0.4, 0.5) is 0 Å². The van der Waals surface area contributed by atoms with Crippen molar-refractivity contribution in [1.29, 1.82) is 0 Å². The topological polar surface area (TPSA) is 9.23 Å². The Morgan fingerprint density at radius 3 is 2.40 bits per heavy atom. The van der Waals surface area contributed by atoms with Crippen LogP contribution in [0.3, 0.4) is 0 Å². The zero-order valence-corrected chi connectivity index (χ0v) is 6.84. The van der Waals surface area contributed by atoms with Crippen LogP contribution in [0.15, 0.2) is 30.3 Å². The highest BCUT2D eigenvalue weighted by atomic mass is 31.1. The summed E-state index contributed by atoms with van der Waals surface area (Å²) in [5, 5.41) is 0. The second-order valence-corrected chi connectivity index (χ2v) is 3.47. The molecule has 0 heterocycles. The Kier molecular flexibility index (Phi) is 2.47. The number of hydrogen-bond acceptors (Lipinski definition) is 1. The first-order valence-corrected chi connectivity index (χ1v) is 4.95. The Labute approximate surface area is 62.1 Å². The fourth-order valence-corrected chi connectivity index (χ4v) is 1.14. The van der Waals surface area contributed by atoms with E-state index in [1.807, 2.05) is 37.0 Å². The monoisotopic (exact) mass is 153 g/mol. The number of para-hydroxylation sites is 1. The maximum Gasteiger partial charge on any atom is 0.296 e. The van der Waals surface area contributed by atoms with Crippen molar-refractivity contribution < 1.29 is 4.52 Å². The predicted molar refractivity (Wildman–Crippen MR) is 47.0 cm³/mol. The molecule has 2 heteroatoms. The average Bonchev–Trinajstić information content (AvgIpc) is 1.88. The van der Waals surface area contributed by atoms with Crippen LogP contribution < -0.4 is 4.52 Å². The maximum atomic E-state index is 5.37. The molecule has 0 aliphatic carbocycles. The molecule has 0 aliphatic heterocycles. The average molecular weight is 153 g/mol. The molecule has 0 spiro atoms. The molecule has 0 saturated heterocycles. The molecule has 0 fully saturated rings. The first kappa shape index (κ1) is 7.30. The molecule has 1 aromatic rings. The normalized spacial score (nSPS) is 10.7. The summed E-state index contributed by atoms with van der Waals surface area (Å²) in [5.74, 6) is 0.908. The molecule has 0 aromatic heterocycles. The predicted octanol–water partition coefficient (Wildman–Crippen LogP) is 2.52. The van der Waals surface area contributed by atoms with E-state index in [-0.39, 0.29) is 0 Å². The molecule has 0 bridgehead atoms. The number of benzene rings is 1. The lowest BCUT2D eigenvalue weighted by Crippen LogP contribution is -1.77. The molecule has 0 saturated carbocycles. The molecule has 1 atom stereocenters. The van der Waals surface area contributed by atoms with E-state index in [1.54, 1.807) is 0 Å². The fraction of sp³-hybridized carbons (Fsp3) is 0.125. The molecular formula is C8H10OP+. The van der Waals surface area contributed by atoms with Gasteiger partial charge in [-0.2, -0.15) is 0 Å². The minimum atomic E-state index is -0.527. The van der Waals surface area contributed by atoms with Gasteiger partial charge in [-0.15, -0.1) is 0 Å². The zero-order chi connectivity index (χ0) is 7.40. The highest BCUT2D eigenvalue weighted by Crippen LogP contribution is 2.21. The number of rotatable bonds is 2. The first-order valence-electron chi connectivity index (χ1n) is 3.06. The van der Waals surface area contributed by atoms with Crippen LogP contribution in [0.2, 0.25) is 0 Å². The molecule has 1 rings (SSSR count). The Bertz CT molecular complexity index is 218. The minimum absolute atomic E-state index is 0.527. The van der Waals surface area contributed by atoms with Crippen LogP contribution >= 0.6 is 7.77 Å². The van der Waals surface area contributed by atoms with E-state index in [9.17, 15) is 0 Å². The van der Waals surface area contributed by atoms with Gasteiger partial charge in [0.2, 0.25) is 0 Å². The molecule has 52 valence electrons. The van der Waals surface area contributed by atoms with Gasteiger partial charge in [0.1, 0.15) is 13.0 Å². The third-order valence-electron chi connectivity index (χ3n) is 1.00. The molecule has 0 aliphatic rings. The number of hydrogen-bond donors (Lipinski definition) is 0. The van der Waals surface area contributed by atoms with Crippen molar-refractivity contribution in [1.82, 2.24) is 0 Å². The Hall–Kier alpha value is -0.810. The van der Waals surface area contributed by atoms with Gasteiger partial charge in [-0.25, -0.2) is 0 Å². The zero-order valence-electron chi connectivity index (χ0n) is 5.95. The van der Waals surface area contributed by atoms with Gasteiger partial charge in [-0.3, -0.25) is 4.52 Å². The van der Waals surface area contributed by atoms with Gasteiger partial charge >= 0.3 is 0 Å². The molecule has 10 heavy (non-hydrogen) atoms. The van der Waals surface area contributed by atoms with E-state index < -0.39 is 7.77 Å². The van der Waals surface area contributed by atoms with E-state index in [4.69, 9.17) is 4.52 Å². The Balaban J connectivity index is 2.67. The lowest BCUT2D eigenvalue weighted by atomic mass is 10.3. The van der Waals surface area contributed by atoms with Crippen LogP contribution in [-0.4, -0.2) is 13.0 Å². The molecule has 0 amide bonds. The molecule has 0 N–H and O–H groups in total. The first-order chi connectivity index (χ1) is 4.79. The summed E-state index contributed by atoms with van der Waals surface area (Å²) < 4.78 is 5.37. The van der Waals surface area contributed by atoms with Crippen LogP contribution in [0.5, 0.6) is 5.75 Å². The van der Waals surface area contributed by atoms with Gasteiger partial charge in [0, 0.05) is 0 Å². The lowest BCUT2D eigenvalue weighted by Gasteiger charge is -1.91. The maximum absolute atomic E-state index is 5.37. The van der Waals surface area contributed by atoms with Crippen LogP contribution in [0.25, 0.3) is 0 Å². The van der Waals surface area contributed by atoms with Crippen molar-refractivity contribution in [2.24, 2.45) is 0 Å². The summed E-state index contributed by atoms with van der Waals surface area (Å²) in [4.78, 5) is 0. The SMILES string of the molecule is C=[P+](C)Oc1ccccc1. The largest absolute Gasteiger partial charge is 0.296 e. The van der Waals surface area contributed by atoms with Crippen molar-refractivity contribution in [3.63, 3.8) is 0 Å². The highest BCUT2D eigenvalue weighted by Gasteiger charge is 1.98. The fourth-order valence-electron chi connectivity index (χ4n) is 0.661. The van der Waals surface area contributed by atoms with Crippen molar-refractivity contribution in [2.45, 2.75) is 0 Å². The van der Waals surface area contributed by atoms with Crippen LogP contribution in [0, 0.1) is 0 Å². The Morgan fingerprint density at radius 1 is 1.30 bits per heavy atom. The Morgan fingerprint density at radius 2 is 1.90 bits per heavy atom. The van der Waals surface area contributed by atoms with Crippen molar-refractivity contribution in [3.05, 3.63) is 30.3 Å². The summed E-state index contributed by atoms with van der Waals surface area (Å²) in [6, 6.07) is 9.74. The van der Waals surface area contributed by atoms with Gasteiger partial charge in [0.05, 0.1) is 0 Å². The van der Waals surface area contributed by atoms with Crippen molar-refractivity contribution >= 4 is 14.1 Å². The molecule has 1 unspecified atom stereocenters. The second-order valence-electron chi connectivity index (χ2n) is 2.03. The molecule has 0 radical (unpaired) electrons. The minimum Gasteiger partial charge on any atom is -0.293 e. The quantitative estimate of drug-likeness (QED) is 0.593. The summed E-state index contributed by atoms with van der Waals surface area (Å²) in [7, 11) is -0.527. The van der Waals surface area contributed by atoms with Gasteiger partial charge in [0.25, 0.3) is 7.77 Å². The third-order valence-corrected chi connectivity index (χ3v) is 1.53. The third kappa shape index (κ3) is 2.20. The van der Waals surface area contributed by atoms with Gasteiger partial charge in [-0.05, 0) is 12.1 Å².